The van der Waals surface area contributed by atoms with E-state index in [-0.39, 0.29) is 17.7 Å². The molecule has 0 saturated carbocycles. The van der Waals surface area contributed by atoms with Crippen LogP contribution in [0.15, 0.2) is 24.3 Å². The van der Waals surface area contributed by atoms with Crippen LogP contribution in [0.25, 0.3) is 0 Å². The SMILES string of the molecule is O=C(c1ccc(Cl)cc1)N1CCCN(C(=O)C2CCCNC2)CC1. The van der Waals surface area contributed by atoms with Gasteiger partial charge in [-0.1, -0.05) is 11.6 Å². The van der Waals surface area contributed by atoms with Crippen molar-refractivity contribution in [1.82, 2.24) is 15.1 Å². The third-order valence-electron chi connectivity index (χ3n) is 4.83. The van der Waals surface area contributed by atoms with Gasteiger partial charge in [0.15, 0.2) is 0 Å². The van der Waals surface area contributed by atoms with Gasteiger partial charge in [0.1, 0.15) is 0 Å². The highest BCUT2D eigenvalue weighted by molar-refractivity contribution is 6.30. The number of amides is 2. The summed E-state index contributed by atoms with van der Waals surface area (Å²) in [6.07, 6.45) is 2.85. The van der Waals surface area contributed by atoms with Crippen LogP contribution < -0.4 is 5.32 Å². The zero-order valence-electron chi connectivity index (χ0n) is 13.8. The Morgan fingerprint density at radius 3 is 2.42 bits per heavy atom. The van der Waals surface area contributed by atoms with Gasteiger partial charge in [0.25, 0.3) is 5.91 Å². The fraction of sp³-hybridized carbons (Fsp3) is 0.556. The first-order valence-electron chi connectivity index (χ1n) is 8.69. The third kappa shape index (κ3) is 4.08. The number of carbonyl (C=O) groups is 2. The second kappa shape index (κ2) is 7.99. The molecule has 130 valence electrons. The lowest BCUT2D eigenvalue weighted by molar-refractivity contribution is -0.135. The van der Waals surface area contributed by atoms with Crippen LogP contribution in [0.3, 0.4) is 0 Å². The minimum Gasteiger partial charge on any atom is -0.341 e. The van der Waals surface area contributed by atoms with Crippen molar-refractivity contribution in [2.24, 2.45) is 5.92 Å². The number of hydrogen-bond acceptors (Lipinski definition) is 3. The summed E-state index contributed by atoms with van der Waals surface area (Å²) in [5, 5.41) is 3.93. The molecule has 6 heteroatoms. The van der Waals surface area contributed by atoms with Crippen molar-refractivity contribution in [1.29, 1.82) is 0 Å². The molecule has 1 aromatic carbocycles. The monoisotopic (exact) mass is 349 g/mol. The molecule has 2 heterocycles. The van der Waals surface area contributed by atoms with E-state index in [0.29, 0.717) is 30.2 Å². The van der Waals surface area contributed by atoms with Gasteiger partial charge in [-0.25, -0.2) is 0 Å². The predicted octanol–water partition coefficient (Wildman–Crippen LogP) is 2.01. The predicted molar refractivity (Wildman–Crippen MR) is 94.1 cm³/mol. The normalized spacial score (nSPS) is 22.1. The molecule has 0 spiro atoms. The molecule has 24 heavy (non-hydrogen) atoms. The minimum absolute atomic E-state index is 0.0142. The molecular weight excluding hydrogens is 326 g/mol. The van der Waals surface area contributed by atoms with Crippen LogP contribution >= 0.6 is 11.6 Å². The molecule has 1 unspecified atom stereocenters. The first-order chi connectivity index (χ1) is 11.6. The Labute approximate surface area is 147 Å². The quantitative estimate of drug-likeness (QED) is 0.888. The van der Waals surface area contributed by atoms with Gasteiger partial charge in [0, 0.05) is 43.3 Å². The van der Waals surface area contributed by atoms with Gasteiger partial charge in [0.2, 0.25) is 5.91 Å². The van der Waals surface area contributed by atoms with E-state index >= 15 is 0 Å². The van der Waals surface area contributed by atoms with E-state index in [1.807, 2.05) is 9.80 Å². The van der Waals surface area contributed by atoms with Gasteiger partial charge < -0.3 is 15.1 Å². The Balaban J connectivity index is 1.59. The lowest BCUT2D eigenvalue weighted by Crippen LogP contribution is -2.44. The molecule has 2 aliphatic heterocycles. The Kier molecular flexibility index (Phi) is 5.74. The highest BCUT2D eigenvalue weighted by Crippen LogP contribution is 2.17. The summed E-state index contributed by atoms with van der Waals surface area (Å²) in [6, 6.07) is 6.98. The Morgan fingerprint density at radius 1 is 1.00 bits per heavy atom. The number of halogens is 1. The van der Waals surface area contributed by atoms with E-state index in [9.17, 15) is 9.59 Å². The average Bonchev–Trinajstić information content (AvgIpc) is 2.88. The maximum atomic E-state index is 12.7. The average molecular weight is 350 g/mol. The topological polar surface area (TPSA) is 52.7 Å². The summed E-state index contributed by atoms with van der Waals surface area (Å²) in [5.74, 6) is 0.348. The maximum Gasteiger partial charge on any atom is 0.253 e. The van der Waals surface area contributed by atoms with Gasteiger partial charge in [-0.2, -0.15) is 0 Å². The van der Waals surface area contributed by atoms with Crippen LogP contribution in [0.1, 0.15) is 29.6 Å². The number of piperidine rings is 1. The molecule has 3 rings (SSSR count). The molecule has 0 aliphatic carbocycles. The van der Waals surface area contributed by atoms with E-state index in [4.69, 9.17) is 11.6 Å². The Hall–Kier alpha value is -1.59. The molecule has 0 radical (unpaired) electrons. The lowest BCUT2D eigenvalue weighted by atomic mass is 9.98. The molecule has 2 amide bonds. The second-order valence-corrected chi connectivity index (χ2v) is 6.96. The van der Waals surface area contributed by atoms with Crippen LogP contribution in [0.2, 0.25) is 5.02 Å². The fourth-order valence-electron chi connectivity index (χ4n) is 3.44. The van der Waals surface area contributed by atoms with Crippen LogP contribution in [0, 0.1) is 5.92 Å². The van der Waals surface area contributed by atoms with Crippen LogP contribution in [0.5, 0.6) is 0 Å². The van der Waals surface area contributed by atoms with Crippen molar-refractivity contribution >= 4 is 23.4 Å². The fourth-order valence-corrected chi connectivity index (χ4v) is 3.56. The van der Waals surface area contributed by atoms with E-state index in [1.165, 1.54) is 0 Å². The number of carbonyl (C=O) groups excluding carboxylic acids is 2. The summed E-state index contributed by atoms with van der Waals surface area (Å²) in [4.78, 5) is 29.0. The van der Waals surface area contributed by atoms with Crippen LogP contribution in [0.4, 0.5) is 0 Å². The molecule has 1 aromatic rings. The maximum absolute atomic E-state index is 12.7. The van der Waals surface area contributed by atoms with Crippen LogP contribution in [-0.4, -0.2) is 60.9 Å². The van der Waals surface area contributed by atoms with Crippen molar-refractivity contribution in [2.75, 3.05) is 39.3 Å². The molecule has 2 saturated heterocycles. The number of nitrogens with one attached hydrogen (secondary N) is 1. The third-order valence-corrected chi connectivity index (χ3v) is 5.08. The highest BCUT2D eigenvalue weighted by atomic mass is 35.5. The molecule has 1 atom stereocenters. The van der Waals surface area contributed by atoms with E-state index in [2.05, 4.69) is 5.32 Å². The number of nitrogens with zero attached hydrogens (tertiary/aromatic N) is 2. The van der Waals surface area contributed by atoms with Gasteiger partial charge in [0.05, 0.1) is 5.92 Å². The molecular formula is C18H24ClN3O2. The molecule has 0 aromatic heterocycles. The molecule has 0 bridgehead atoms. The minimum atomic E-state index is 0.0142. The first-order valence-corrected chi connectivity index (χ1v) is 9.07. The molecule has 2 fully saturated rings. The van der Waals surface area contributed by atoms with Crippen molar-refractivity contribution < 1.29 is 9.59 Å². The summed E-state index contributed by atoms with van der Waals surface area (Å²) < 4.78 is 0. The summed E-state index contributed by atoms with van der Waals surface area (Å²) in [7, 11) is 0. The first kappa shape index (κ1) is 17.2. The zero-order chi connectivity index (χ0) is 16.9. The standard InChI is InChI=1S/C18H24ClN3O2/c19-16-6-4-14(5-7-16)17(23)21-9-2-10-22(12-11-21)18(24)15-3-1-8-20-13-15/h4-7,15,20H,1-3,8-13H2. The highest BCUT2D eigenvalue weighted by Gasteiger charge is 2.28. The smallest absolute Gasteiger partial charge is 0.253 e. The largest absolute Gasteiger partial charge is 0.341 e. The van der Waals surface area contributed by atoms with Crippen LogP contribution in [-0.2, 0) is 4.79 Å². The van der Waals surface area contributed by atoms with E-state index in [0.717, 1.165) is 38.9 Å². The lowest BCUT2D eigenvalue weighted by Gasteiger charge is -2.29. The zero-order valence-corrected chi connectivity index (χ0v) is 14.6. The molecule has 2 aliphatic rings. The van der Waals surface area contributed by atoms with Gasteiger partial charge in [-0.3, -0.25) is 9.59 Å². The Bertz CT molecular complexity index is 584. The van der Waals surface area contributed by atoms with Crippen molar-refractivity contribution in [3.63, 3.8) is 0 Å². The number of hydrogen-bond donors (Lipinski definition) is 1. The molecule has 5 nitrogen and oxygen atoms in total. The summed E-state index contributed by atoms with van der Waals surface area (Å²) >= 11 is 5.88. The second-order valence-electron chi connectivity index (χ2n) is 6.52. The number of rotatable bonds is 2. The summed E-state index contributed by atoms with van der Waals surface area (Å²) in [5.41, 5.74) is 0.649. The van der Waals surface area contributed by atoms with Crippen molar-refractivity contribution in [2.45, 2.75) is 19.3 Å². The summed E-state index contributed by atoms with van der Waals surface area (Å²) in [6.45, 7) is 4.42. The van der Waals surface area contributed by atoms with E-state index < -0.39 is 0 Å². The number of benzene rings is 1. The van der Waals surface area contributed by atoms with E-state index in [1.54, 1.807) is 24.3 Å². The molecule has 1 N–H and O–H groups in total. The van der Waals surface area contributed by atoms with Crippen molar-refractivity contribution in [3.05, 3.63) is 34.9 Å². The van der Waals surface area contributed by atoms with Crippen molar-refractivity contribution in [3.8, 4) is 0 Å². The van der Waals surface area contributed by atoms with Gasteiger partial charge in [-0.05, 0) is 50.1 Å². The van der Waals surface area contributed by atoms with Gasteiger partial charge in [-0.15, -0.1) is 0 Å². The van der Waals surface area contributed by atoms with Gasteiger partial charge >= 0.3 is 0 Å². The Morgan fingerprint density at radius 2 is 1.71 bits per heavy atom.